The molecule has 3 heterocycles. The molecule has 0 saturated carbocycles. The Labute approximate surface area is 187 Å². The second-order valence-electron chi connectivity index (χ2n) is 7.59. The van der Waals surface area contributed by atoms with Gasteiger partial charge in [0.2, 0.25) is 11.7 Å². The molecule has 9 nitrogen and oxygen atoms in total. The van der Waals surface area contributed by atoms with Crippen molar-refractivity contribution in [2.24, 2.45) is 7.05 Å². The molecular formula is C22H14F3N5O4. The Morgan fingerprint density at radius 2 is 1.79 bits per heavy atom. The Bertz CT molecular complexity index is 1630. The molecule has 5 aromatic rings. The number of hydrogen-bond donors (Lipinski definition) is 0. The summed E-state index contributed by atoms with van der Waals surface area (Å²) in [4.78, 5) is 27.9. The normalized spacial score (nSPS) is 12.0. The number of fused-ring (bicyclic) bond motifs is 3. The lowest BCUT2D eigenvalue weighted by Crippen LogP contribution is -2.21. The quantitative estimate of drug-likeness (QED) is 0.282. The van der Waals surface area contributed by atoms with Gasteiger partial charge in [0.15, 0.2) is 0 Å². The van der Waals surface area contributed by atoms with Crippen molar-refractivity contribution in [1.82, 2.24) is 19.3 Å². The third-order valence-corrected chi connectivity index (χ3v) is 5.44. The maximum Gasteiger partial charge on any atom is 0.397 e. The van der Waals surface area contributed by atoms with Crippen molar-refractivity contribution < 1.29 is 22.6 Å². The van der Waals surface area contributed by atoms with Crippen molar-refractivity contribution in [2.75, 3.05) is 0 Å². The van der Waals surface area contributed by atoms with Gasteiger partial charge in [0, 0.05) is 30.3 Å². The van der Waals surface area contributed by atoms with Gasteiger partial charge in [-0.05, 0) is 24.3 Å². The number of pyridine rings is 1. The number of aryl methyl sites for hydroxylation is 1. The minimum absolute atomic E-state index is 0.0751. The number of nitrogens with zero attached hydrogens (tertiary/aromatic N) is 5. The van der Waals surface area contributed by atoms with Crippen LogP contribution in [0, 0.1) is 10.1 Å². The summed E-state index contributed by atoms with van der Waals surface area (Å²) in [6, 6.07) is 14.2. The number of halogens is 3. The van der Waals surface area contributed by atoms with Crippen LogP contribution in [0.5, 0.6) is 0 Å². The van der Waals surface area contributed by atoms with Crippen molar-refractivity contribution >= 4 is 27.6 Å². The zero-order chi connectivity index (χ0) is 24.2. The van der Waals surface area contributed by atoms with Gasteiger partial charge in [-0.15, -0.1) is 0 Å². The van der Waals surface area contributed by atoms with Crippen LogP contribution in [0.4, 0.5) is 18.9 Å². The molecule has 0 aliphatic carbocycles. The third kappa shape index (κ3) is 3.49. The van der Waals surface area contributed by atoms with Crippen molar-refractivity contribution in [3.8, 4) is 17.1 Å². The molecule has 0 spiro atoms. The van der Waals surface area contributed by atoms with Crippen LogP contribution in [0.2, 0.25) is 0 Å². The van der Waals surface area contributed by atoms with E-state index in [1.165, 1.54) is 34.9 Å². The SMILES string of the molecule is Cn1c2ccccc2c2c1cc(-c1noc(CC(F)(F)F)n1)c(=O)n2-c1ccc([N+](=O)[O-])cc1. The fraction of sp³-hybridized carbons (Fsp3) is 0.136. The molecule has 3 aromatic heterocycles. The molecule has 0 bridgehead atoms. The van der Waals surface area contributed by atoms with E-state index < -0.39 is 29.0 Å². The molecule has 0 N–H and O–H groups in total. The van der Waals surface area contributed by atoms with Crippen molar-refractivity contribution in [3.05, 3.63) is 81.0 Å². The molecule has 34 heavy (non-hydrogen) atoms. The van der Waals surface area contributed by atoms with Gasteiger partial charge in [0.1, 0.15) is 6.42 Å². The van der Waals surface area contributed by atoms with E-state index in [2.05, 4.69) is 10.1 Å². The van der Waals surface area contributed by atoms with Gasteiger partial charge in [-0.2, -0.15) is 18.2 Å². The van der Waals surface area contributed by atoms with Gasteiger partial charge in [-0.3, -0.25) is 19.5 Å². The summed E-state index contributed by atoms with van der Waals surface area (Å²) in [6.45, 7) is 0. The Hall–Kier alpha value is -4.48. The standard InChI is InChI=1S/C22H14F3N5O4/c1-28-16-5-3-2-4-14(16)19-17(28)10-15(20-26-18(34-27-20)11-22(23,24)25)21(31)29(19)12-6-8-13(9-7-12)30(32)33/h2-10H,11H2,1H3. The second kappa shape index (κ2) is 7.54. The number of non-ortho nitro benzene ring substituents is 1. The molecule has 5 rings (SSSR count). The number of hydrogen-bond acceptors (Lipinski definition) is 6. The van der Waals surface area contributed by atoms with E-state index in [0.717, 1.165) is 10.9 Å². The molecule has 0 aliphatic heterocycles. The average molecular weight is 469 g/mol. The second-order valence-corrected chi connectivity index (χ2v) is 7.59. The third-order valence-electron chi connectivity index (χ3n) is 5.44. The summed E-state index contributed by atoms with van der Waals surface area (Å²) in [6.07, 6.45) is -5.98. The smallest absolute Gasteiger partial charge is 0.342 e. The van der Waals surface area contributed by atoms with Crippen molar-refractivity contribution in [2.45, 2.75) is 12.6 Å². The first-order chi connectivity index (χ1) is 16.1. The van der Waals surface area contributed by atoms with Gasteiger partial charge < -0.3 is 9.09 Å². The van der Waals surface area contributed by atoms with E-state index in [9.17, 15) is 28.1 Å². The summed E-state index contributed by atoms with van der Waals surface area (Å²) in [5, 5.41) is 15.4. The highest BCUT2D eigenvalue weighted by atomic mass is 19.4. The van der Waals surface area contributed by atoms with E-state index in [1.807, 2.05) is 28.8 Å². The molecule has 0 unspecified atom stereocenters. The average Bonchev–Trinajstić information content (AvgIpc) is 3.35. The molecule has 0 saturated heterocycles. The molecule has 0 aliphatic rings. The number of rotatable bonds is 4. The van der Waals surface area contributed by atoms with E-state index in [4.69, 9.17) is 4.52 Å². The first-order valence-corrected chi connectivity index (χ1v) is 9.92. The number of para-hydroxylation sites is 1. The summed E-state index contributed by atoms with van der Waals surface area (Å²) in [5.41, 5.74) is 1.40. The summed E-state index contributed by atoms with van der Waals surface area (Å²) < 4.78 is 46.1. The number of benzene rings is 2. The zero-order valence-corrected chi connectivity index (χ0v) is 17.4. The molecule has 0 atom stereocenters. The largest absolute Gasteiger partial charge is 0.397 e. The van der Waals surface area contributed by atoms with Crippen LogP contribution < -0.4 is 5.56 Å². The Kier molecular flexibility index (Phi) is 4.74. The molecule has 12 heteroatoms. The number of aromatic nitrogens is 4. The molecule has 0 radical (unpaired) electrons. The van der Waals surface area contributed by atoms with Crippen LogP contribution in [-0.4, -0.2) is 30.4 Å². The molecular weight excluding hydrogens is 455 g/mol. The summed E-state index contributed by atoms with van der Waals surface area (Å²) in [5.74, 6) is -0.951. The van der Waals surface area contributed by atoms with Gasteiger partial charge in [0.25, 0.3) is 11.2 Å². The molecule has 172 valence electrons. The Balaban J connectivity index is 1.82. The van der Waals surface area contributed by atoms with Crippen LogP contribution >= 0.6 is 0 Å². The van der Waals surface area contributed by atoms with Gasteiger partial charge in [0.05, 0.1) is 27.0 Å². The van der Waals surface area contributed by atoms with Gasteiger partial charge in [-0.25, -0.2) is 0 Å². The van der Waals surface area contributed by atoms with Crippen LogP contribution in [0.25, 0.3) is 39.0 Å². The predicted molar refractivity (Wildman–Crippen MR) is 116 cm³/mol. The minimum Gasteiger partial charge on any atom is -0.342 e. The Morgan fingerprint density at radius 1 is 1.09 bits per heavy atom. The van der Waals surface area contributed by atoms with E-state index in [-0.39, 0.29) is 17.1 Å². The monoisotopic (exact) mass is 469 g/mol. The highest BCUT2D eigenvalue weighted by Crippen LogP contribution is 2.31. The Morgan fingerprint density at radius 3 is 2.47 bits per heavy atom. The maximum atomic E-state index is 13.6. The number of nitro groups is 1. The summed E-state index contributed by atoms with van der Waals surface area (Å²) >= 11 is 0. The van der Waals surface area contributed by atoms with E-state index in [1.54, 1.807) is 7.05 Å². The lowest BCUT2D eigenvalue weighted by molar-refractivity contribution is -0.384. The van der Waals surface area contributed by atoms with Crippen molar-refractivity contribution in [3.63, 3.8) is 0 Å². The highest BCUT2D eigenvalue weighted by Gasteiger charge is 2.32. The van der Waals surface area contributed by atoms with Crippen molar-refractivity contribution in [1.29, 1.82) is 0 Å². The maximum absolute atomic E-state index is 13.6. The number of nitro benzene ring substituents is 1. The number of alkyl halides is 3. The lowest BCUT2D eigenvalue weighted by Gasteiger charge is -2.11. The first kappa shape index (κ1) is 21.4. The fourth-order valence-electron chi connectivity index (χ4n) is 3.95. The summed E-state index contributed by atoms with van der Waals surface area (Å²) in [7, 11) is 1.78. The molecule has 0 amide bonds. The zero-order valence-electron chi connectivity index (χ0n) is 17.4. The molecule has 0 fully saturated rings. The topological polar surface area (TPSA) is 109 Å². The van der Waals surface area contributed by atoms with Crippen LogP contribution in [0.3, 0.4) is 0 Å². The van der Waals surface area contributed by atoms with Crippen LogP contribution in [0.15, 0.2) is 63.9 Å². The van der Waals surface area contributed by atoms with Crippen LogP contribution in [-0.2, 0) is 13.5 Å². The van der Waals surface area contributed by atoms with Crippen LogP contribution in [0.1, 0.15) is 5.89 Å². The lowest BCUT2D eigenvalue weighted by atomic mass is 10.1. The van der Waals surface area contributed by atoms with Gasteiger partial charge >= 0.3 is 6.18 Å². The first-order valence-electron chi connectivity index (χ1n) is 9.92. The van der Waals surface area contributed by atoms with Gasteiger partial charge in [-0.1, -0.05) is 23.4 Å². The van der Waals surface area contributed by atoms with E-state index in [0.29, 0.717) is 16.7 Å². The van der Waals surface area contributed by atoms with E-state index >= 15 is 0 Å². The predicted octanol–water partition coefficient (Wildman–Crippen LogP) is 4.55. The highest BCUT2D eigenvalue weighted by molar-refractivity contribution is 6.07. The fourth-order valence-corrected chi connectivity index (χ4v) is 3.95. The molecule has 2 aromatic carbocycles. The minimum atomic E-state index is -4.55.